The molecule has 0 spiro atoms. The van der Waals surface area contributed by atoms with E-state index >= 15 is 0 Å². The average molecular weight is 226 g/mol. The molecule has 1 saturated heterocycles. The summed E-state index contributed by atoms with van der Waals surface area (Å²) in [5, 5.41) is 8.75. The molecule has 0 aliphatic carbocycles. The molecule has 0 aromatic heterocycles. The second kappa shape index (κ2) is 8.77. The van der Waals surface area contributed by atoms with E-state index in [1.165, 1.54) is 38.5 Å². The zero-order valence-corrected chi connectivity index (χ0v) is 10.5. The Morgan fingerprint density at radius 1 is 1.38 bits per heavy atom. The molecule has 1 rings (SSSR count). The van der Waals surface area contributed by atoms with Gasteiger partial charge in [0.05, 0.1) is 6.10 Å². The van der Waals surface area contributed by atoms with Gasteiger partial charge in [-0.05, 0) is 25.7 Å². The number of ether oxygens (including phenoxy) is 1. The van der Waals surface area contributed by atoms with E-state index in [9.17, 15) is 0 Å². The Bertz CT molecular complexity index is 189. The fourth-order valence-corrected chi connectivity index (χ4v) is 2.32. The molecule has 0 amide bonds. The second-order valence-electron chi connectivity index (χ2n) is 4.65. The molecule has 2 atom stereocenters. The van der Waals surface area contributed by atoms with Crippen molar-refractivity contribution in [3.05, 3.63) is 12.2 Å². The van der Waals surface area contributed by atoms with Crippen LogP contribution in [0.15, 0.2) is 12.2 Å². The molecule has 1 N–H and O–H groups in total. The van der Waals surface area contributed by atoms with Crippen LogP contribution in [0.4, 0.5) is 0 Å². The molecule has 1 heterocycles. The smallest absolute Gasteiger partial charge is 0.0637 e. The van der Waals surface area contributed by atoms with Gasteiger partial charge in [-0.15, -0.1) is 0 Å². The van der Waals surface area contributed by atoms with E-state index < -0.39 is 0 Å². The minimum atomic E-state index is 0.255. The Morgan fingerprint density at radius 2 is 2.25 bits per heavy atom. The summed E-state index contributed by atoms with van der Waals surface area (Å²) in [6.07, 6.45) is 13.1. The predicted molar refractivity (Wildman–Crippen MR) is 67.4 cm³/mol. The Morgan fingerprint density at radius 3 is 3.00 bits per heavy atom. The molecule has 0 bridgehead atoms. The predicted octanol–water partition coefficient (Wildman–Crippen LogP) is 3.30. The first-order valence-electron chi connectivity index (χ1n) is 6.77. The maximum absolute atomic E-state index is 8.75. The van der Waals surface area contributed by atoms with Gasteiger partial charge >= 0.3 is 0 Å². The third-order valence-electron chi connectivity index (χ3n) is 3.26. The molecule has 0 aromatic carbocycles. The van der Waals surface area contributed by atoms with Crippen LogP contribution in [0.5, 0.6) is 0 Å². The van der Waals surface area contributed by atoms with Gasteiger partial charge in [-0.25, -0.2) is 0 Å². The number of hydrogen-bond acceptors (Lipinski definition) is 2. The van der Waals surface area contributed by atoms with Crippen LogP contribution in [0.1, 0.15) is 51.9 Å². The van der Waals surface area contributed by atoms with Crippen molar-refractivity contribution in [2.75, 3.05) is 13.2 Å². The third-order valence-corrected chi connectivity index (χ3v) is 3.26. The van der Waals surface area contributed by atoms with Gasteiger partial charge in [-0.3, -0.25) is 0 Å². The van der Waals surface area contributed by atoms with Crippen LogP contribution in [0.3, 0.4) is 0 Å². The maximum Gasteiger partial charge on any atom is 0.0637 e. The summed E-state index contributed by atoms with van der Waals surface area (Å²) < 4.78 is 5.85. The molecular formula is C14H26O2. The Kier molecular flexibility index (Phi) is 7.52. The fourth-order valence-electron chi connectivity index (χ4n) is 2.32. The average Bonchev–Trinajstić information content (AvgIpc) is 2.32. The minimum Gasteiger partial charge on any atom is -0.396 e. The van der Waals surface area contributed by atoms with Crippen LogP contribution in [-0.2, 0) is 4.74 Å². The lowest BCUT2D eigenvalue weighted by molar-refractivity contribution is -0.0168. The van der Waals surface area contributed by atoms with Crippen LogP contribution in [-0.4, -0.2) is 24.4 Å². The summed E-state index contributed by atoms with van der Waals surface area (Å²) in [6.45, 7) is 3.42. The van der Waals surface area contributed by atoms with Crippen molar-refractivity contribution in [1.82, 2.24) is 0 Å². The zero-order chi connectivity index (χ0) is 11.6. The number of unbranched alkanes of at least 4 members (excludes halogenated alkanes) is 2. The highest BCUT2D eigenvalue weighted by Crippen LogP contribution is 2.26. The quantitative estimate of drug-likeness (QED) is 0.533. The fraction of sp³-hybridized carbons (Fsp3) is 0.857. The van der Waals surface area contributed by atoms with E-state index in [0.29, 0.717) is 12.0 Å². The lowest BCUT2D eigenvalue weighted by Gasteiger charge is -2.30. The normalized spacial score (nSPS) is 26.4. The first-order valence-corrected chi connectivity index (χ1v) is 6.77. The van der Waals surface area contributed by atoms with E-state index in [4.69, 9.17) is 9.84 Å². The minimum absolute atomic E-state index is 0.255. The number of rotatable bonds is 7. The van der Waals surface area contributed by atoms with Crippen LogP contribution in [0.2, 0.25) is 0 Å². The molecule has 2 nitrogen and oxygen atoms in total. The maximum atomic E-state index is 8.75. The SMILES string of the molecule is CCCCC[C@H]1OCCC[C@@H]1/C=C/CCO. The lowest BCUT2D eigenvalue weighted by Crippen LogP contribution is -2.28. The standard InChI is InChI=1S/C14H26O2/c1-2-3-4-10-14-13(8-5-6-11-15)9-7-12-16-14/h5,8,13-15H,2-4,6-7,9-12H2,1H3/b8-5+/t13-,14+/m0/s1. The second-order valence-corrected chi connectivity index (χ2v) is 4.65. The summed E-state index contributed by atoms with van der Waals surface area (Å²) in [5.74, 6) is 0.581. The summed E-state index contributed by atoms with van der Waals surface area (Å²) >= 11 is 0. The monoisotopic (exact) mass is 226 g/mol. The van der Waals surface area contributed by atoms with Gasteiger partial charge in [0, 0.05) is 19.1 Å². The molecule has 1 fully saturated rings. The van der Waals surface area contributed by atoms with Gasteiger partial charge in [0.1, 0.15) is 0 Å². The van der Waals surface area contributed by atoms with E-state index in [-0.39, 0.29) is 6.61 Å². The molecule has 2 heteroatoms. The Hall–Kier alpha value is -0.340. The summed E-state index contributed by atoms with van der Waals surface area (Å²) in [7, 11) is 0. The van der Waals surface area contributed by atoms with Gasteiger partial charge in [-0.1, -0.05) is 38.3 Å². The van der Waals surface area contributed by atoms with E-state index in [1.807, 2.05) is 0 Å². The molecule has 0 aromatic rings. The van der Waals surface area contributed by atoms with Crippen molar-refractivity contribution in [2.45, 2.75) is 58.0 Å². The van der Waals surface area contributed by atoms with Gasteiger partial charge in [0.15, 0.2) is 0 Å². The van der Waals surface area contributed by atoms with Crippen LogP contribution >= 0.6 is 0 Å². The molecule has 1 aliphatic heterocycles. The van der Waals surface area contributed by atoms with Crippen molar-refractivity contribution in [1.29, 1.82) is 0 Å². The van der Waals surface area contributed by atoms with Crippen molar-refractivity contribution in [2.24, 2.45) is 5.92 Å². The molecule has 0 saturated carbocycles. The Labute approximate surface area is 99.7 Å². The van der Waals surface area contributed by atoms with E-state index in [0.717, 1.165) is 13.0 Å². The van der Waals surface area contributed by atoms with Crippen molar-refractivity contribution < 1.29 is 9.84 Å². The van der Waals surface area contributed by atoms with Gasteiger partial charge in [-0.2, -0.15) is 0 Å². The topological polar surface area (TPSA) is 29.5 Å². The van der Waals surface area contributed by atoms with Crippen molar-refractivity contribution >= 4 is 0 Å². The van der Waals surface area contributed by atoms with Crippen LogP contribution in [0, 0.1) is 5.92 Å². The van der Waals surface area contributed by atoms with Gasteiger partial charge in [0.2, 0.25) is 0 Å². The van der Waals surface area contributed by atoms with E-state index in [1.54, 1.807) is 0 Å². The molecule has 16 heavy (non-hydrogen) atoms. The summed E-state index contributed by atoms with van der Waals surface area (Å²) in [5.41, 5.74) is 0. The first-order chi connectivity index (χ1) is 7.88. The zero-order valence-electron chi connectivity index (χ0n) is 10.5. The molecule has 1 aliphatic rings. The van der Waals surface area contributed by atoms with Gasteiger partial charge in [0.25, 0.3) is 0 Å². The van der Waals surface area contributed by atoms with Crippen molar-refractivity contribution in [3.8, 4) is 0 Å². The number of hydrogen-bond donors (Lipinski definition) is 1. The molecular weight excluding hydrogens is 200 g/mol. The summed E-state index contributed by atoms with van der Waals surface area (Å²) in [6, 6.07) is 0. The van der Waals surface area contributed by atoms with E-state index in [2.05, 4.69) is 19.1 Å². The number of aliphatic hydroxyl groups is 1. The molecule has 0 radical (unpaired) electrons. The lowest BCUT2D eigenvalue weighted by atomic mass is 9.90. The van der Waals surface area contributed by atoms with Gasteiger partial charge < -0.3 is 9.84 Å². The number of aliphatic hydroxyl groups excluding tert-OH is 1. The van der Waals surface area contributed by atoms with Crippen LogP contribution in [0.25, 0.3) is 0 Å². The van der Waals surface area contributed by atoms with Crippen LogP contribution < -0.4 is 0 Å². The highest BCUT2D eigenvalue weighted by atomic mass is 16.5. The molecule has 94 valence electrons. The van der Waals surface area contributed by atoms with Crippen molar-refractivity contribution in [3.63, 3.8) is 0 Å². The third kappa shape index (κ3) is 5.13. The summed E-state index contributed by atoms with van der Waals surface area (Å²) in [4.78, 5) is 0. The molecule has 0 unspecified atom stereocenters. The Balaban J connectivity index is 2.31. The highest BCUT2D eigenvalue weighted by molar-refractivity contribution is 4.93. The largest absolute Gasteiger partial charge is 0.396 e. The highest BCUT2D eigenvalue weighted by Gasteiger charge is 2.22. The first kappa shape index (κ1) is 13.7.